The van der Waals surface area contributed by atoms with Gasteiger partial charge in [-0.3, -0.25) is 10.1 Å². The van der Waals surface area contributed by atoms with Gasteiger partial charge in [-0.15, -0.1) is 12.4 Å². The molecule has 0 radical (unpaired) electrons. The van der Waals surface area contributed by atoms with Crippen molar-refractivity contribution in [3.8, 4) is 0 Å². The van der Waals surface area contributed by atoms with Crippen LogP contribution in [0.1, 0.15) is 24.4 Å². The van der Waals surface area contributed by atoms with E-state index in [1.54, 1.807) is 0 Å². The molecule has 16 heavy (non-hydrogen) atoms. The van der Waals surface area contributed by atoms with E-state index < -0.39 is 12.0 Å². The molecular weight excluding hydrogens is 228 g/mol. The van der Waals surface area contributed by atoms with Crippen LogP contribution in [0, 0.1) is 0 Å². The molecule has 1 aromatic rings. The van der Waals surface area contributed by atoms with Gasteiger partial charge in [0.25, 0.3) is 0 Å². The van der Waals surface area contributed by atoms with E-state index in [0.717, 1.165) is 17.7 Å². The molecule has 1 fully saturated rings. The molecule has 0 spiro atoms. The number of nitrogens with two attached hydrogens (primary N) is 1. The van der Waals surface area contributed by atoms with Gasteiger partial charge < -0.3 is 10.8 Å². The predicted molar refractivity (Wildman–Crippen MR) is 64.6 cm³/mol. The molecule has 1 aliphatic heterocycles. The minimum Gasteiger partial charge on any atom is -0.480 e. The smallest absolute Gasteiger partial charge is 0.320 e. The highest BCUT2D eigenvalue weighted by molar-refractivity contribution is 5.85. The maximum atomic E-state index is 10.8. The molecule has 1 aromatic carbocycles. The standard InChI is InChI=1S/C11H14N2O2.ClH/c12-8-3-1-7(2-4-8)9-5-6-10(13-9)11(14)15;/h1-4,9-10,13H,5-6,12H2,(H,14,15);1H. The second kappa shape index (κ2) is 5.18. The molecule has 1 aliphatic rings. The lowest BCUT2D eigenvalue weighted by Crippen LogP contribution is -2.31. The van der Waals surface area contributed by atoms with Gasteiger partial charge >= 0.3 is 5.97 Å². The highest BCUT2D eigenvalue weighted by atomic mass is 35.5. The minimum atomic E-state index is -0.770. The SMILES string of the molecule is Cl.Nc1ccc(C2CCC(C(=O)O)N2)cc1. The van der Waals surface area contributed by atoms with Gasteiger partial charge in [0.05, 0.1) is 0 Å². The van der Waals surface area contributed by atoms with E-state index in [9.17, 15) is 4.79 Å². The first-order valence-corrected chi connectivity index (χ1v) is 5.01. The molecule has 0 amide bonds. The van der Waals surface area contributed by atoms with Gasteiger partial charge in [0, 0.05) is 11.7 Å². The highest BCUT2D eigenvalue weighted by Gasteiger charge is 2.29. The number of aliphatic carboxylic acids is 1. The lowest BCUT2D eigenvalue weighted by Gasteiger charge is -2.12. The van der Waals surface area contributed by atoms with Crippen molar-refractivity contribution in [2.45, 2.75) is 24.9 Å². The molecule has 88 valence electrons. The maximum absolute atomic E-state index is 10.8. The molecule has 0 aliphatic carbocycles. The number of nitrogen functional groups attached to an aromatic ring is 1. The Morgan fingerprint density at radius 3 is 2.44 bits per heavy atom. The van der Waals surface area contributed by atoms with Crippen LogP contribution in [-0.4, -0.2) is 17.1 Å². The van der Waals surface area contributed by atoms with Gasteiger partial charge in [0.1, 0.15) is 6.04 Å². The Morgan fingerprint density at radius 2 is 1.94 bits per heavy atom. The van der Waals surface area contributed by atoms with E-state index in [1.165, 1.54) is 0 Å². The Bertz CT molecular complexity index is 367. The molecule has 4 N–H and O–H groups in total. The van der Waals surface area contributed by atoms with Crippen molar-refractivity contribution >= 4 is 24.1 Å². The van der Waals surface area contributed by atoms with Crippen LogP contribution in [0.15, 0.2) is 24.3 Å². The summed E-state index contributed by atoms with van der Waals surface area (Å²) in [7, 11) is 0. The number of carboxylic acid groups (broad SMARTS) is 1. The number of halogens is 1. The predicted octanol–water partition coefficient (Wildman–Crippen LogP) is 1.57. The summed E-state index contributed by atoms with van der Waals surface area (Å²) in [4.78, 5) is 10.8. The van der Waals surface area contributed by atoms with Gasteiger partial charge in [0.2, 0.25) is 0 Å². The number of benzene rings is 1. The molecule has 2 unspecified atom stereocenters. The Balaban J connectivity index is 0.00000128. The number of carbonyl (C=O) groups is 1. The third-order valence-corrected chi connectivity index (χ3v) is 2.78. The van der Waals surface area contributed by atoms with E-state index in [2.05, 4.69) is 5.32 Å². The zero-order valence-electron chi connectivity index (χ0n) is 8.72. The van der Waals surface area contributed by atoms with Crippen molar-refractivity contribution in [1.29, 1.82) is 0 Å². The Kier molecular flexibility index (Phi) is 4.15. The van der Waals surface area contributed by atoms with Crippen molar-refractivity contribution < 1.29 is 9.90 Å². The summed E-state index contributed by atoms with van der Waals surface area (Å²) < 4.78 is 0. The van der Waals surface area contributed by atoms with Crippen molar-refractivity contribution in [1.82, 2.24) is 5.32 Å². The third kappa shape index (κ3) is 2.65. The third-order valence-electron chi connectivity index (χ3n) is 2.78. The molecule has 0 saturated carbocycles. The number of anilines is 1. The largest absolute Gasteiger partial charge is 0.480 e. The summed E-state index contributed by atoms with van der Waals surface area (Å²) in [6.07, 6.45) is 1.55. The average Bonchev–Trinajstić information content (AvgIpc) is 2.68. The quantitative estimate of drug-likeness (QED) is 0.688. The molecule has 0 bridgehead atoms. The van der Waals surface area contributed by atoms with Crippen LogP contribution >= 0.6 is 12.4 Å². The van der Waals surface area contributed by atoms with Crippen LogP contribution < -0.4 is 11.1 Å². The lowest BCUT2D eigenvalue weighted by atomic mass is 10.1. The fourth-order valence-corrected chi connectivity index (χ4v) is 1.93. The zero-order chi connectivity index (χ0) is 10.8. The van der Waals surface area contributed by atoms with Gasteiger partial charge in [-0.2, -0.15) is 0 Å². The maximum Gasteiger partial charge on any atom is 0.320 e. The molecular formula is C11H15ClN2O2. The first-order chi connectivity index (χ1) is 7.16. The van der Waals surface area contributed by atoms with Gasteiger partial charge in [-0.25, -0.2) is 0 Å². The van der Waals surface area contributed by atoms with E-state index in [-0.39, 0.29) is 18.4 Å². The number of hydrogen-bond acceptors (Lipinski definition) is 3. The van der Waals surface area contributed by atoms with Crippen molar-refractivity contribution in [3.05, 3.63) is 29.8 Å². The lowest BCUT2D eigenvalue weighted by molar-refractivity contribution is -0.139. The fourth-order valence-electron chi connectivity index (χ4n) is 1.93. The molecule has 2 atom stereocenters. The van der Waals surface area contributed by atoms with Crippen LogP contribution in [0.4, 0.5) is 5.69 Å². The Hall–Kier alpha value is -1.26. The minimum absolute atomic E-state index is 0. The second-order valence-corrected chi connectivity index (χ2v) is 3.85. The van der Waals surface area contributed by atoms with E-state index in [4.69, 9.17) is 10.8 Å². The zero-order valence-corrected chi connectivity index (χ0v) is 9.54. The molecule has 0 aromatic heterocycles. The number of carboxylic acids is 1. The molecule has 2 rings (SSSR count). The van der Waals surface area contributed by atoms with Crippen molar-refractivity contribution in [3.63, 3.8) is 0 Å². The number of hydrogen-bond donors (Lipinski definition) is 3. The molecule has 4 nitrogen and oxygen atoms in total. The van der Waals surface area contributed by atoms with Crippen LogP contribution in [0.5, 0.6) is 0 Å². The normalized spacial score (nSPS) is 23.8. The topological polar surface area (TPSA) is 75.4 Å². The van der Waals surface area contributed by atoms with Crippen molar-refractivity contribution in [2.24, 2.45) is 0 Å². The summed E-state index contributed by atoms with van der Waals surface area (Å²) in [6.45, 7) is 0. The van der Waals surface area contributed by atoms with Crippen LogP contribution in [0.3, 0.4) is 0 Å². The summed E-state index contributed by atoms with van der Waals surface area (Å²) in [5.41, 5.74) is 7.42. The van der Waals surface area contributed by atoms with E-state index in [0.29, 0.717) is 6.42 Å². The van der Waals surface area contributed by atoms with Crippen LogP contribution in [0.2, 0.25) is 0 Å². The van der Waals surface area contributed by atoms with Gasteiger partial charge in [-0.05, 0) is 30.5 Å². The second-order valence-electron chi connectivity index (χ2n) is 3.85. The fraction of sp³-hybridized carbons (Fsp3) is 0.364. The summed E-state index contributed by atoms with van der Waals surface area (Å²) >= 11 is 0. The Morgan fingerprint density at radius 1 is 1.31 bits per heavy atom. The molecule has 5 heteroatoms. The Labute approximate surface area is 100 Å². The molecule has 1 saturated heterocycles. The highest BCUT2D eigenvalue weighted by Crippen LogP contribution is 2.26. The van der Waals surface area contributed by atoms with Crippen LogP contribution in [0.25, 0.3) is 0 Å². The average molecular weight is 243 g/mol. The van der Waals surface area contributed by atoms with Crippen LogP contribution in [-0.2, 0) is 4.79 Å². The van der Waals surface area contributed by atoms with E-state index in [1.807, 2.05) is 24.3 Å². The number of rotatable bonds is 2. The summed E-state index contributed by atoms with van der Waals surface area (Å²) in [6, 6.07) is 7.30. The van der Waals surface area contributed by atoms with Crippen molar-refractivity contribution in [2.75, 3.05) is 5.73 Å². The molecule has 1 heterocycles. The summed E-state index contributed by atoms with van der Waals surface area (Å²) in [5.74, 6) is -0.770. The first-order valence-electron chi connectivity index (χ1n) is 5.01. The monoisotopic (exact) mass is 242 g/mol. The van der Waals surface area contributed by atoms with Gasteiger partial charge in [-0.1, -0.05) is 12.1 Å². The van der Waals surface area contributed by atoms with E-state index >= 15 is 0 Å². The van der Waals surface area contributed by atoms with Gasteiger partial charge in [0.15, 0.2) is 0 Å². The first kappa shape index (κ1) is 12.8. The summed E-state index contributed by atoms with van der Waals surface area (Å²) in [5, 5.41) is 11.9. The number of nitrogens with one attached hydrogen (secondary N) is 1.